The Bertz CT molecular complexity index is 580. The Morgan fingerprint density at radius 3 is 2.35 bits per heavy atom. The molecule has 108 valence electrons. The lowest BCUT2D eigenvalue weighted by Gasteiger charge is -2.07. The maximum atomic E-state index is 11.6. The maximum absolute atomic E-state index is 11.6. The number of nitrogens with zero attached hydrogens (tertiary/aromatic N) is 2. The second-order valence-corrected chi connectivity index (χ2v) is 4.87. The van der Waals surface area contributed by atoms with Gasteiger partial charge in [-0.15, -0.1) is 0 Å². The van der Waals surface area contributed by atoms with Gasteiger partial charge >= 0.3 is 11.9 Å². The van der Waals surface area contributed by atoms with Crippen molar-refractivity contribution in [1.29, 1.82) is 0 Å². The second kappa shape index (κ2) is 7.32. The molecule has 0 aromatic carbocycles. The van der Waals surface area contributed by atoms with Crippen LogP contribution < -0.4 is 5.73 Å². The number of thioether (sulfide) groups is 1. The second-order valence-electron chi connectivity index (χ2n) is 3.12. The van der Waals surface area contributed by atoms with Crippen LogP contribution in [-0.2, 0) is 19.1 Å². The van der Waals surface area contributed by atoms with Crippen molar-refractivity contribution in [2.45, 2.75) is 5.03 Å². The van der Waals surface area contributed by atoms with Crippen LogP contribution in [-0.4, -0.2) is 36.1 Å². The zero-order chi connectivity index (χ0) is 15.3. The third-order valence-electron chi connectivity index (χ3n) is 1.85. The minimum Gasteiger partial charge on any atom is -0.466 e. The molecule has 0 radical (unpaired) electrons. The van der Waals surface area contributed by atoms with Gasteiger partial charge in [0.05, 0.1) is 14.2 Å². The van der Waals surface area contributed by atoms with Crippen molar-refractivity contribution in [2.75, 3.05) is 20.0 Å². The number of halogens is 2. The summed E-state index contributed by atoms with van der Waals surface area (Å²) in [5.41, 5.74) is 5.61. The van der Waals surface area contributed by atoms with Gasteiger partial charge in [-0.2, -0.15) is 0 Å². The first-order valence-corrected chi connectivity index (χ1v) is 6.50. The number of nitrogens with two attached hydrogens (primary N) is 1. The predicted octanol–water partition coefficient (Wildman–Crippen LogP) is 1.69. The standard InChI is InChI=1S/C10H9Cl2N3O4S/c1-18-5(16)3-4(10(17)19-2)20-9-8(13)14-6(11)7(12)15-9/h3H,1-2H3,(H2,13,14)/b4-3-. The molecule has 0 atom stereocenters. The Labute approximate surface area is 128 Å². The molecule has 0 aliphatic carbocycles. The van der Waals surface area contributed by atoms with Gasteiger partial charge in [0.1, 0.15) is 9.93 Å². The summed E-state index contributed by atoms with van der Waals surface area (Å²) in [5.74, 6) is -1.53. The lowest BCUT2D eigenvalue weighted by atomic mass is 10.5. The van der Waals surface area contributed by atoms with Gasteiger partial charge in [-0.1, -0.05) is 35.0 Å². The van der Waals surface area contributed by atoms with E-state index in [9.17, 15) is 9.59 Å². The van der Waals surface area contributed by atoms with Crippen LogP contribution in [0.1, 0.15) is 0 Å². The molecule has 0 saturated heterocycles. The van der Waals surface area contributed by atoms with E-state index in [1.54, 1.807) is 0 Å². The summed E-state index contributed by atoms with van der Waals surface area (Å²) in [7, 11) is 2.34. The Balaban J connectivity index is 3.14. The lowest BCUT2D eigenvalue weighted by molar-refractivity contribution is -0.137. The molecule has 0 unspecified atom stereocenters. The number of anilines is 1. The Hall–Kier alpha value is -1.51. The molecule has 0 amide bonds. The molecule has 20 heavy (non-hydrogen) atoms. The number of ether oxygens (including phenoxy) is 2. The van der Waals surface area contributed by atoms with Gasteiger partial charge in [-0.05, 0) is 0 Å². The molecule has 0 bridgehead atoms. The molecule has 1 aromatic rings. The lowest BCUT2D eigenvalue weighted by Crippen LogP contribution is -2.07. The van der Waals surface area contributed by atoms with Crippen LogP contribution in [0.25, 0.3) is 0 Å². The van der Waals surface area contributed by atoms with Gasteiger partial charge in [-0.3, -0.25) is 0 Å². The topological polar surface area (TPSA) is 104 Å². The van der Waals surface area contributed by atoms with Gasteiger partial charge < -0.3 is 15.2 Å². The van der Waals surface area contributed by atoms with Crippen LogP contribution >= 0.6 is 35.0 Å². The maximum Gasteiger partial charge on any atom is 0.345 e. The molecule has 7 nitrogen and oxygen atoms in total. The highest BCUT2D eigenvalue weighted by atomic mass is 35.5. The Morgan fingerprint density at radius 1 is 1.20 bits per heavy atom. The number of esters is 2. The summed E-state index contributed by atoms with van der Waals surface area (Å²) in [6.45, 7) is 0. The van der Waals surface area contributed by atoms with E-state index in [2.05, 4.69) is 19.4 Å². The number of aromatic nitrogens is 2. The first-order valence-electron chi connectivity index (χ1n) is 4.93. The van der Waals surface area contributed by atoms with E-state index in [4.69, 9.17) is 28.9 Å². The summed E-state index contributed by atoms with van der Waals surface area (Å²) < 4.78 is 8.98. The van der Waals surface area contributed by atoms with Crippen molar-refractivity contribution < 1.29 is 19.1 Å². The zero-order valence-electron chi connectivity index (χ0n) is 10.3. The molecular formula is C10H9Cl2N3O4S. The third kappa shape index (κ3) is 4.26. The average Bonchev–Trinajstić information content (AvgIpc) is 2.42. The fourth-order valence-electron chi connectivity index (χ4n) is 0.968. The Kier molecular flexibility index (Phi) is 6.05. The largest absolute Gasteiger partial charge is 0.466 e. The highest BCUT2D eigenvalue weighted by Crippen LogP contribution is 2.32. The van der Waals surface area contributed by atoms with Crippen LogP contribution in [0.5, 0.6) is 0 Å². The minimum atomic E-state index is -0.757. The zero-order valence-corrected chi connectivity index (χ0v) is 12.7. The van der Waals surface area contributed by atoms with Gasteiger partial charge in [0, 0.05) is 6.08 Å². The molecule has 1 heterocycles. The molecule has 1 rings (SSSR count). The molecule has 2 N–H and O–H groups in total. The molecule has 0 aliphatic heterocycles. The molecule has 0 fully saturated rings. The van der Waals surface area contributed by atoms with Crippen molar-refractivity contribution in [3.8, 4) is 0 Å². The molecule has 1 aromatic heterocycles. The summed E-state index contributed by atoms with van der Waals surface area (Å²) in [6, 6.07) is 0. The van der Waals surface area contributed by atoms with Gasteiger partial charge in [0.25, 0.3) is 0 Å². The van der Waals surface area contributed by atoms with Gasteiger partial charge in [0.2, 0.25) is 0 Å². The highest BCUT2D eigenvalue weighted by molar-refractivity contribution is 8.04. The highest BCUT2D eigenvalue weighted by Gasteiger charge is 2.18. The number of carbonyl (C=O) groups excluding carboxylic acids is 2. The summed E-state index contributed by atoms with van der Waals surface area (Å²) in [6.07, 6.45) is 0.945. The summed E-state index contributed by atoms with van der Waals surface area (Å²) in [4.78, 5) is 30.3. The van der Waals surface area contributed by atoms with Crippen molar-refractivity contribution in [1.82, 2.24) is 9.97 Å². The average molecular weight is 338 g/mol. The van der Waals surface area contributed by atoms with Crippen molar-refractivity contribution in [3.63, 3.8) is 0 Å². The number of methoxy groups -OCH3 is 2. The number of rotatable bonds is 4. The first-order chi connectivity index (χ1) is 9.38. The molecular weight excluding hydrogens is 329 g/mol. The van der Waals surface area contributed by atoms with Crippen LogP contribution in [0.15, 0.2) is 16.0 Å². The van der Waals surface area contributed by atoms with Crippen LogP contribution in [0, 0.1) is 0 Å². The third-order valence-corrected chi connectivity index (χ3v) is 3.47. The molecule has 0 spiro atoms. The molecule has 0 aliphatic rings. The SMILES string of the molecule is COC(=O)/C=C(\Sc1nc(Cl)c(Cl)nc1N)C(=O)OC. The van der Waals surface area contributed by atoms with E-state index in [1.165, 1.54) is 7.11 Å². The first kappa shape index (κ1) is 16.5. The monoisotopic (exact) mass is 337 g/mol. The quantitative estimate of drug-likeness (QED) is 0.502. The fourth-order valence-corrected chi connectivity index (χ4v) is 2.10. The summed E-state index contributed by atoms with van der Waals surface area (Å²) in [5, 5.41) is -0.0318. The van der Waals surface area contributed by atoms with Crippen molar-refractivity contribution >= 4 is 52.7 Å². The van der Waals surface area contributed by atoms with E-state index < -0.39 is 11.9 Å². The van der Waals surface area contributed by atoms with E-state index in [-0.39, 0.29) is 26.1 Å². The van der Waals surface area contributed by atoms with Crippen LogP contribution in [0.2, 0.25) is 10.3 Å². The smallest absolute Gasteiger partial charge is 0.345 e. The van der Waals surface area contributed by atoms with Gasteiger partial charge in [0.15, 0.2) is 16.1 Å². The van der Waals surface area contributed by atoms with Gasteiger partial charge in [-0.25, -0.2) is 19.6 Å². The van der Waals surface area contributed by atoms with E-state index >= 15 is 0 Å². The minimum absolute atomic E-state index is 0.0379. The van der Waals surface area contributed by atoms with E-state index in [0.29, 0.717) is 0 Å². The molecule has 0 saturated carbocycles. The van der Waals surface area contributed by atoms with Crippen molar-refractivity contribution in [2.24, 2.45) is 0 Å². The Morgan fingerprint density at radius 2 is 1.80 bits per heavy atom. The predicted molar refractivity (Wildman–Crippen MR) is 74.4 cm³/mol. The summed E-state index contributed by atoms with van der Waals surface area (Å²) >= 11 is 12.1. The van der Waals surface area contributed by atoms with Crippen LogP contribution in [0.4, 0.5) is 5.82 Å². The normalized spacial score (nSPS) is 11.1. The van der Waals surface area contributed by atoms with Crippen molar-refractivity contribution in [3.05, 3.63) is 21.3 Å². The number of carbonyl (C=O) groups is 2. The van der Waals surface area contributed by atoms with Crippen LogP contribution in [0.3, 0.4) is 0 Å². The number of hydrogen-bond donors (Lipinski definition) is 1. The van der Waals surface area contributed by atoms with E-state index in [1.807, 2.05) is 0 Å². The molecule has 10 heteroatoms. The number of nitrogen functional groups attached to an aromatic ring is 1. The fraction of sp³-hybridized carbons (Fsp3) is 0.200. The van der Waals surface area contributed by atoms with E-state index in [0.717, 1.165) is 24.9 Å². The number of hydrogen-bond acceptors (Lipinski definition) is 8.